The number of benzene rings is 2. The first-order valence-electron chi connectivity index (χ1n) is 7.87. The average molecular weight is 369 g/mol. The molecule has 0 fully saturated rings. The molecule has 6 nitrogen and oxygen atoms in total. The highest BCUT2D eigenvalue weighted by molar-refractivity contribution is 6.30. The third-order valence-electron chi connectivity index (χ3n) is 3.70. The van der Waals surface area contributed by atoms with E-state index in [1.54, 1.807) is 30.5 Å². The van der Waals surface area contributed by atoms with Crippen molar-refractivity contribution in [1.29, 1.82) is 0 Å². The molecule has 0 radical (unpaired) electrons. The van der Waals surface area contributed by atoms with Crippen LogP contribution in [0.3, 0.4) is 0 Å². The molecule has 3 aromatic rings. The number of aryl methyl sites for hydroxylation is 1. The minimum Gasteiger partial charge on any atom is -0.465 e. The highest BCUT2D eigenvalue weighted by Crippen LogP contribution is 2.24. The molecule has 0 bridgehead atoms. The molecule has 3 rings (SSSR count). The fourth-order valence-electron chi connectivity index (χ4n) is 2.36. The van der Waals surface area contributed by atoms with Crippen molar-refractivity contribution >= 4 is 40.7 Å². The van der Waals surface area contributed by atoms with Crippen molar-refractivity contribution in [3.05, 3.63) is 70.9 Å². The van der Waals surface area contributed by atoms with E-state index >= 15 is 0 Å². The van der Waals surface area contributed by atoms with E-state index in [0.717, 1.165) is 11.3 Å². The van der Waals surface area contributed by atoms with Crippen LogP contribution in [0.2, 0.25) is 5.02 Å². The van der Waals surface area contributed by atoms with Gasteiger partial charge in [-0.05, 0) is 42.8 Å². The fourth-order valence-corrected chi connectivity index (χ4v) is 2.53. The maximum atomic E-state index is 11.9. The van der Waals surface area contributed by atoms with Gasteiger partial charge < -0.3 is 15.4 Å². The number of nitrogens with zero attached hydrogens (tertiary/aromatic N) is 2. The van der Waals surface area contributed by atoms with Crippen molar-refractivity contribution in [3.63, 3.8) is 0 Å². The quantitative estimate of drug-likeness (QED) is 0.635. The Kier molecular flexibility index (Phi) is 5.34. The summed E-state index contributed by atoms with van der Waals surface area (Å²) < 4.78 is 4.81. The number of carbonyl (C=O) groups is 1. The van der Waals surface area contributed by atoms with Crippen molar-refractivity contribution in [1.82, 2.24) is 9.97 Å². The molecular formula is C19H17ClN4O2. The molecule has 132 valence electrons. The lowest BCUT2D eigenvalue weighted by molar-refractivity contribution is 0.0602. The predicted octanol–water partition coefficient (Wildman–Crippen LogP) is 4.71. The van der Waals surface area contributed by atoms with E-state index < -0.39 is 5.97 Å². The Morgan fingerprint density at radius 2 is 1.88 bits per heavy atom. The van der Waals surface area contributed by atoms with Crippen molar-refractivity contribution in [2.24, 2.45) is 0 Å². The molecule has 0 spiro atoms. The largest absolute Gasteiger partial charge is 0.465 e. The van der Waals surface area contributed by atoms with E-state index in [9.17, 15) is 4.79 Å². The highest BCUT2D eigenvalue weighted by Gasteiger charge is 2.12. The Morgan fingerprint density at radius 1 is 1.08 bits per heavy atom. The fraction of sp³-hybridized carbons (Fsp3) is 0.105. The Balaban J connectivity index is 1.85. The Hall–Kier alpha value is -3.12. The third-order valence-corrected chi connectivity index (χ3v) is 3.93. The van der Waals surface area contributed by atoms with Gasteiger partial charge in [0.1, 0.15) is 5.82 Å². The molecule has 0 aliphatic heterocycles. The molecule has 2 aromatic carbocycles. The predicted molar refractivity (Wildman–Crippen MR) is 103 cm³/mol. The number of hydrogen-bond acceptors (Lipinski definition) is 6. The normalized spacial score (nSPS) is 10.3. The molecular weight excluding hydrogens is 352 g/mol. The summed E-state index contributed by atoms with van der Waals surface area (Å²) in [6.07, 6.45) is 1.62. The standard InChI is InChI=1S/C19H17ClN4O2/c1-12-7-8-13(20)11-16(12)23-19-21-10-9-17(24-19)22-15-6-4-3-5-14(15)18(25)26-2/h3-11H,1-2H3,(H2,21,22,23,24). The molecule has 1 heterocycles. The Labute approximate surface area is 156 Å². The maximum Gasteiger partial charge on any atom is 0.339 e. The monoisotopic (exact) mass is 368 g/mol. The summed E-state index contributed by atoms with van der Waals surface area (Å²) in [4.78, 5) is 20.5. The summed E-state index contributed by atoms with van der Waals surface area (Å²) in [6, 6.07) is 14.3. The first-order valence-corrected chi connectivity index (χ1v) is 8.25. The van der Waals surface area contributed by atoms with Gasteiger partial charge >= 0.3 is 5.97 Å². The molecule has 0 unspecified atom stereocenters. The minimum atomic E-state index is -0.421. The van der Waals surface area contributed by atoms with Gasteiger partial charge in [0.2, 0.25) is 5.95 Å². The van der Waals surface area contributed by atoms with Crippen LogP contribution < -0.4 is 10.6 Å². The van der Waals surface area contributed by atoms with Crippen LogP contribution in [0.25, 0.3) is 0 Å². The van der Waals surface area contributed by atoms with Gasteiger partial charge in [-0.1, -0.05) is 29.8 Å². The van der Waals surface area contributed by atoms with Crippen LogP contribution in [-0.2, 0) is 4.74 Å². The lowest BCUT2D eigenvalue weighted by Gasteiger charge is -2.12. The molecule has 2 N–H and O–H groups in total. The van der Waals surface area contributed by atoms with Crippen molar-refractivity contribution in [3.8, 4) is 0 Å². The molecule has 0 saturated carbocycles. The van der Waals surface area contributed by atoms with Gasteiger partial charge in [0, 0.05) is 16.9 Å². The number of para-hydroxylation sites is 1. The second-order valence-corrected chi connectivity index (χ2v) is 5.95. The molecule has 0 saturated heterocycles. The molecule has 26 heavy (non-hydrogen) atoms. The summed E-state index contributed by atoms with van der Waals surface area (Å²) in [5.41, 5.74) is 2.87. The average Bonchev–Trinajstić information content (AvgIpc) is 2.65. The molecule has 7 heteroatoms. The number of aromatic nitrogens is 2. The van der Waals surface area contributed by atoms with Gasteiger partial charge in [0.15, 0.2) is 0 Å². The Bertz CT molecular complexity index is 946. The van der Waals surface area contributed by atoms with E-state index in [0.29, 0.717) is 28.0 Å². The smallest absolute Gasteiger partial charge is 0.339 e. The number of halogens is 1. The van der Waals surface area contributed by atoms with Gasteiger partial charge in [-0.3, -0.25) is 0 Å². The van der Waals surface area contributed by atoms with Gasteiger partial charge in [-0.25, -0.2) is 9.78 Å². The number of methoxy groups -OCH3 is 1. The van der Waals surface area contributed by atoms with E-state index in [4.69, 9.17) is 16.3 Å². The third kappa shape index (κ3) is 4.10. The molecule has 0 atom stereocenters. The van der Waals surface area contributed by atoms with Crippen LogP contribution >= 0.6 is 11.6 Å². The van der Waals surface area contributed by atoms with Crippen molar-refractivity contribution in [2.45, 2.75) is 6.92 Å². The summed E-state index contributed by atoms with van der Waals surface area (Å²) in [7, 11) is 1.35. The molecule has 0 amide bonds. The van der Waals surface area contributed by atoms with Crippen LogP contribution in [0.4, 0.5) is 23.1 Å². The van der Waals surface area contributed by atoms with Crippen LogP contribution in [0.15, 0.2) is 54.7 Å². The number of esters is 1. The molecule has 1 aromatic heterocycles. The zero-order valence-electron chi connectivity index (χ0n) is 14.3. The van der Waals surface area contributed by atoms with Gasteiger partial charge in [-0.15, -0.1) is 0 Å². The summed E-state index contributed by atoms with van der Waals surface area (Å²) in [5.74, 6) is 0.532. The van der Waals surface area contributed by atoms with Crippen LogP contribution in [0.1, 0.15) is 15.9 Å². The zero-order chi connectivity index (χ0) is 18.5. The zero-order valence-corrected chi connectivity index (χ0v) is 15.0. The number of rotatable bonds is 5. The topological polar surface area (TPSA) is 76.1 Å². The number of nitrogens with one attached hydrogen (secondary N) is 2. The van der Waals surface area contributed by atoms with Crippen molar-refractivity contribution < 1.29 is 9.53 Å². The first-order chi connectivity index (χ1) is 12.6. The van der Waals surface area contributed by atoms with E-state index in [-0.39, 0.29) is 0 Å². The first kappa shape index (κ1) is 17.7. The summed E-state index contributed by atoms with van der Waals surface area (Å²) in [6.45, 7) is 1.97. The maximum absolute atomic E-state index is 11.9. The minimum absolute atomic E-state index is 0.413. The Morgan fingerprint density at radius 3 is 2.69 bits per heavy atom. The second-order valence-electron chi connectivity index (χ2n) is 5.51. The lowest BCUT2D eigenvalue weighted by atomic mass is 10.2. The highest BCUT2D eigenvalue weighted by atomic mass is 35.5. The van der Waals surface area contributed by atoms with Crippen LogP contribution in [0, 0.1) is 6.92 Å². The number of carbonyl (C=O) groups excluding carboxylic acids is 1. The van der Waals surface area contributed by atoms with Gasteiger partial charge in [0.05, 0.1) is 18.4 Å². The lowest BCUT2D eigenvalue weighted by Crippen LogP contribution is -2.07. The number of hydrogen-bond donors (Lipinski definition) is 2. The number of anilines is 4. The van der Waals surface area contributed by atoms with Gasteiger partial charge in [0.25, 0.3) is 0 Å². The number of ether oxygens (including phenoxy) is 1. The van der Waals surface area contributed by atoms with Crippen LogP contribution in [0.5, 0.6) is 0 Å². The summed E-state index contributed by atoms with van der Waals surface area (Å²) >= 11 is 6.05. The SMILES string of the molecule is COC(=O)c1ccccc1Nc1ccnc(Nc2cc(Cl)ccc2C)n1. The van der Waals surface area contributed by atoms with E-state index in [1.807, 2.05) is 31.2 Å². The second kappa shape index (κ2) is 7.84. The van der Waals surface area contributed by atoms with Crippen molar-refractivity contribution in [2.75, 3.05) is 17.7 Å². The van der Waals surface area contributed by atoms with Gasteiger partial charge in [-0.2, -0.15) is 4.98 Å². The molecule has 0 aliphatic carbocycles. The van der Waals surface area contributed by atoms with E-state index in [2.05, 4.69) is 20.6 Å². The van der Waals surface area contributed by atoms with E-state index in [1.165, 1.54) is 7.11 Å². The van der Waals surface area contributed by atoms with Crippen LogP contribution in [-0.4, -0.2) is 23.0 Å². The molecule has 0 aliphatic rings. The summed E-state index contributed by atoms with van der Waals surface area (Å²) in [5, 5.41) is 6.90.